The number of hydrogen-bond donors (Lipinski definition) is 3. The van der Waals surface area contributed by atoms with Gasteiger partial charge in [0.05, 0.1) is 6.21 Å². The summed E-state index contributed by atoms with van der Waals surface area (Å²) in [5.41, 5.74) is 4.51. The van der Waals surface area contributed by atoms with E-state index >= 15 is 0 Å². The van der Waals surface area contributed by atoms with Crippen LogP contribution in [0.3, 0.4) is 0 Å². The number of amides is 1. The van der Waals surface area contributed by atoms with Gasteiger partial charge < -0.3 is 10.2 Å². The minimum Gasteiger partial charge on any atom is -0.508 e. The molecule has 0 spiro atoms. The molecule has 0 radical (unpaired) electrons. The maximum absolute atomic E-state index is 11.9. The third-order valence-electron chi connectivity index (χ3n) is 3.14. The molecule has 2 rings (SSSR count). The van der Waals surface area contributed by atoms with Crippen LogP contribution in [-0.4, -0.2) is 22.3 Å². The lowest BCUT2D eigenvalue weighted by Crippen LogP contribution is -2.17. The zero-order valence-electron chi connectivity index (χ0n) is 12.3. The smallest absolute Gasteiger partial charge is 0.271 e. The summed E-state index contributed by atoms with van der Waals surface area (Å²) in [6.45, 7) is 2.11. The zero-order valence-corrected chi connectivity index (χ0v) is 12.3. The van der Waals surface area contributed by atoms with Crippen LogP contribution in [0.4, 0.5) is 0 Å². The molecule has 0 aromatic heterocycles. The highest BCUT2D eigenvalue weighted by atomic mass is 16.3. The number of hydrazone groups is 1. The standard InChI is InChI=1S/C17H18N2O3/c1-2-3-12-4-6-13(7-5-12)17(22)19-18-11-14-8-9-15(20)10-16(14)21/h4-11,20-21H,2-3H2,1H3,(H,19,22)/b18-11+. The number of hydrogen-bond acceptors (Lipinski definition) is 4. The first-order chi connectivity index (χ1) is 10.6. The lowest BCUT2D eigenvalue weighted by Gasteiger charge is -2.03. The normalized spacial score (nSPS) is 10.8. The van der Waals surface area contributed by atoms with Crippen molar-refractivity contribution < 1.29 is 15.0 Å². The molecular formula is C17H18N2O3. The Morgan fingerprint density at radius 3 is 2.55 bits per heavy atom. The summed E-state index contributed by atoms with van der Waals surface area (Å²) in [6, 6.07) is 11.5. The van der Waals surface area contributed by atoms with Crippen molar-refractivity contribution in [1.29, 1.82) is 0 Å². The molecule has 0 aliphatic carbocycles. The Morgan fingerprint density at radius 1 is 1.18 bits per heavy atom. The molecule has 0 aliphatic heterocycles. The molecular weight excluding hydrogens is 280 g/mol. The Labute approximate surface area is 128 Å². The minimum absolute atomic E-state index is 0.0362. The van der Waals surface area contributed by atoms with Crippen LogP contribution in [0.2, 0.25) is 0 Å². The van der Waals surface area contributed by atoms with Gasteiger partial charge in [0.2, 0.25) is 0 Å². The average Bonchev–Trinajstić information content (AvgIpc) is 2.50. The predicted molar refractivity (Wildman–Crippen MR) is 85.3 cm³/mol. The van der Waals surface area contributed by atoms with Gasteiger partial charge in [-0.25, -0.2) is 5.43 Å². The van der Waals surface area contributed by atoms with Crippen molar-refractivity contribution in [2.24, 2.45) is 5.10 Å². The van der Waals surface area contributed by atoms with Crippen LogP contribution in [0.5, 0.6) is 11.5 Å². The van der Waals surface area contributed by atoms with Gasteiger partial charge in [-0.1, -0.05) is 25.5 Å². The SMILES string of the molecule is CCCc1ccc(C(=O)N/N=C/c2ccc(O)cc2O)cc1. The number of nitrogens with zero attached hydrogens (tertiary/aromatic N) is 1. The molecule has 3 N–H and O–H groups in total. The molecule has 5 nitrogen and oxygen atoms in total. The summed E-state index contributed by atoms with van der Waals surface area (Å²) in [4.78, 5) is 11.9. The van der Waals surface area contributed by atoms with Crippen molar-refractivity contribution in [3.8, 4) is 11.5 Å². The Morgan fingerprint density at radius 2 is 1.91 bits per heavy atom. The predicted octanol–water partition coefficient (Wildman–Crippen LogP) is 2.81. The first-order valence-electron chi connectivity index (χ1n) is 7.04. The van der Waals surface area contributed by atoms with Crippen LogP contribution in [0, 0.1) is 0 Å². The summed E-state index contributed by atoms with van der Waals surface area (Å²) in [7, 11) is 0. The van der Waals surface area contributed by atoms with E-state index in [9.17, 15) is 15.0 Å². The van der Waals surface area contributed by atoms with Crippen molar-refractivity contribution >= 4 is 12.1 Å². The number of phenols is 2. The monoisotopic (exact) mass is 298 g/mol. The number of carbonyl (C=O) groups excluding carboxylic acids is 1. The van der Waals surface area contributed by atoms with E-state index in [1.165, 1.54) is 30.0 Å². The summed E-state index contributed by atoms with van der Waals surface area (Å²) >= 11 is 0. The minimum atomic E-state index is -0.322. The summed E-state index contributed by atoms with van der Waals surface area (Å²) in [5, 5.41) is 22.6. The summed E-state index contributed by atoms with van der Waals surface area (Å²) < 4.78 is 0. The first kappa shape index (κ1) is 15.6. The number of carbonyl (C=O) groups is 1. The number of phenolic OH excluding ortho intramolecular Hbond substituents is 2. The molecule has 5 heteroatoms. The largest absolute Gasteiger partial charge is 0.508 e. The van der Waals surface area contributed by atoms with Crippen molar-refractivity contribution in [1.82, 2.24) is 5.43 Å². The van der Waals surface area contributed by atoms with E-state index in [1.54, 1.807) is 12.1 Å². The molecule has 0 atom stereocenters. The quantitative estimate of drug-likeness (QED) is 0.586. The van der Waals surface area contributed by atoms with E-state index in [2.05, 4.69) is 17.5 Å². The van der Waals surface area contributed by atoms with Gasteiger partial charge in [0.1, 0.15) is 11.5 Å². The summed E-state index contributed by atoms with van der Waals surface area (Å²) in [6.07, 6.45) is 3.37. The van der Waals surface area contributed by atoms with Gasteiger partial charge in [-0.05, 0) is 36.2 Å². The van der Waals surface area contributed by atoms with Gasteiger partial charge in [-0.2, -0.15) is 5.10 Å². The molecule has 0 saturated carbocycles. The number of aromatic hydroxyl groups is 2. The van der Waals surface area contributed by atoms with E-state index in [0.29, 0.717) is 11.1 Å². The van der Waals surface area contributed by atoms with E-state index in [4.69, 9.17) is 0 Å². The molecule has 22 heavy (non-hydrogen) atoms. The molecule has 0 unspecified atom stereocenters. The van der Waals surface area contributed by atoms with Crippen LogP contribution >= 0.6 is 0 Å². The van der Waals surface area contributed by atoms with Crippen molar-refractivity contribution in [2.45, 2.75) is 19.8 Å². The summed E-state index contributed by atoms with van der Waals surface area (Å²) in [5.74, 6) is -0.467. The van der Waals surface area contributed by atoms with Gasteiger partial charge in [-0.15, -0.1) is 0 Å². The zero-order chi connectivity index (χ0) is 15.9. The first-order valence-corrected chi connectivity index (χ1v) is 7.04. The second-order valence-corrected chi connectivity index (χ2v) is 4.89. The van der Waals surface area contributed by atoms with Crippen LogP contribution in [0.25, 0.3) is 0 Å². The van der Waals surface area contributed by atoms with Gasteiger partial charge in [-0.3, -0.25) is 4.79 Å². The highest BCUT2D eigenvalue weighted by molar-refractivity contribution is 5.95. The van der Waals surface area contributed by atoms with Gasteiger partial charge in [0.15, 0.2) is 0 Å². The number of rotatable bonds is 5. The lowest BCUT2D eigenvalue weighted by atomic mass is 10.1. The molecule has 1 amide bonds. The van der Waals surface area contributed by atoms with Gasteiger partial charge >= 0.3 is 0 Å². The third-order valence-corrected chi connectivity index (χ3v) is 3.14. The Kier molecular flexibility index (Phi) is 5.14. The molecule has 0 saturated heterocycles. The van der Waals surface area contributed by atoms with Crippen LogP contribution < -0.4 is 5.43 Å². The number of nitrogens with one attached hydrogen (secondary N) is 1. The van der Waals surface area contributed by atoms with E-state index in [0.717, 1.165) is 12.8 Å². The molecule has 0 aliphatic rings. The molecule has 0 fully saturated rings. The Balaban J connectivity index is 1.98. The fourth-order valence-corrected chi connectivity index (χ4v) is 1.98. The molecule has 114 valence electrons. The van der Waals surface area contributed by atoms with Gasteiger partial charge in [0, 0.05) is 17.2 Å². The lowest BCUT2D eigenvalue weighted by molar-refractivity contribution is 0.0955. The van der Waals surface area contributed by atoms with Crippen LogP contribution in [-0.2, 0) is 6.42 Å². The topological polar surface area (TPSA) is 81.9 Å². The van der Waals surface area contributed by atoms with Crippen molar-refractivity contribution in [3.63, 3.8) is 0 Å². The molecule has 2 aromatic rings. The number of aryl methyl sites for hydroxylation is 1. The van der Waals surface area contributed by atoms with E-state index < -0.39 is 0 Å². The maximum Gasteiger partial charge on any atom is 0.271 e. The number of benzene rings is 2. The average molecular weight is 298 g/mol. The van der Waals surface area contributed by atoms with Crippen molar-refractivity contribution in [2.75, 3.05) is 0 Å². The fraction of sp³-hybridized carbons (Fsp3) is 0.176. The van der Waals surface area contributed by atoms with Crippen LogP contribution in [0.15, 0.2) is 47.6 Å². The molecule has 0 bridgehead atoms. The van der Waals surface area contributed by atoms with Crippen LogP contribution in [0.1, 0.15) is 34.8 Å². The Bertz CT molecular complexity index is 679. The Hall–Kier alpha value is -2.82. The maximum atomic E-state index is 11.9. The molecule has 2 aromatic carbocycles. The van der Waals surface area contributed by atoms with E-state index in [1.807, 2.05) is 12.1 Å². The highest BCUT2D eigenvalue weighted by Crippen LogP contribution is 2.20. The van der Waals surface area contributed by atoms with Gasteiger partial charge in [0.25, 0.3) is 5.91 Å². The fourth-order valence-electron chi connectivity index (χ4n) is 1.98. The second-order valence-electron chi connectivity index (χ2n) is 4.89. The highest BCUT2D eigenvalue weighted by Gasteiger charge is 2.04. The van der Waals surface area contributed by atoms with Crippen molar-refractivity contribution in [3.05, 3.63) is 59.2 Å². The van der Waals surface area contributed by atoms with E-state index in [-0.39, 0.29) is 17.4 Å². The molecule has 0 heterocycles. The third kappa shape index (κ3) is 4.09. The second kappa shape index (κ2) is 7.26.